The number of hydrogen-bond donors (Lipinski definition) is 2. The molecule has 1 saturated carbocycles. The van der Waals surface area contributed by atoms with Crippen LogP contribution in [0.2, 0.25) is 0 Å². The fourth-order valence-electron chi connectivity index (χ4n) is 4.93. The molecular formula is C25H29N5O. The summed E-state index contributed by atoms with van der Waals surface area (Å²) in [6.45, 7) is 3.61. The summed E-state index contributed by atoms with van der Waals surface area (Å²) < 4.78 is 0. The van der Waals surface area contributed by atoms with E-state index in [0.29, 0.717) is 11.8 Å². The predicted octanol–water partition coefficient (Wildman–Crippen LogP) is 4.65. The van der Waals surface area contributed by atoms with Gasteiger partial charge in [-0.1, -0.05) is 24.6 Å². The number of aromatic nitrogens is 3. The van der Waals surface area contributed by atoms with Gasteiger partial charge in [-0.2, -0.15) is 15.4 Å². The summed E-state index contributed by atoms with van der Waals surface area (Å²) in [5, 5.41) is 11.0. The molecule has 31 heavy (non-hydrogen) atoms. The third-order valence-corrected chi connectivity index (χ3v) is 7.05. The highest BCUT2D eigenvalue weighted by Gasteiger charge is 2.29. The normalized spacial score (nSPS) is 17.5. The van der Waals surface area contributed by atoms with Crippen molar-refractivity contribution in [2.24, 2.45) is 0 Å². The van der Waals surface area contributed by atoms with Crippen molar-refractivity contribution in [2.75, 3.05) is 18.8 Å². The lowest BCUT2D eigenvalue weighted by atomic mass is 9.76. The van der Waals surface area contributed by atoms with Crippen molar-refractivity contribution in [3.05, 3.63) is 64.8 Å². The number of aromatic amines is 1. The molecule has 3 aromatic rings. The van der Waals surface area contributed by atoms with Crippen molar-refractivity contribution in [3.63, 3.8) is 0 Å². The van der Waals surface area contributed by atoms with E-state index >= 15 is 0 Å². The van der Waals surface area contributed by atoms with Crippen molar-refractivity contribution in [2.45, 2.75) is 50.9 Å². The summed E-state index contributed by atoms with van der Waals surface area (Å²) in [6.07, 6.45) is 7.38. The van der Waals surface area contributed by atoms with Crippen molar-refractivity contribution in [1.29, 1.82) is 0 Å². The van der Waals surface area contributed by atoms with E-state index in [1.165, 1.54) is 30.4 Å². The van der Waals surface area contributed by atoms with Crippen LogP contribution in [0.5, 0.6) is 0 Å². The van der Waals surface area contributed by atoms with Gasteiger partial charge in [-0.15, -0.1) is 0 Å². The number of nitrogens with zero attached hydrogens (tertiary/aromatic N) is 3. The van der Waals surface area contributed by atoms with Gasteiger partial charge in [0.05, 0.1) is 6.20 Å². The van der Waals surface area contributed by atoms with Gasteiger partial charge in [0, 0.05) is 29.9 Å². The van der Waals surface area contributed by atoms with Crippen molar-refractivity contribution < 1.29 is 4.79 Å². The Balaban J connectivity index is 1.37. The lowest BCUT2D eigenvalue weighted by molar-refractivity contribution is 0.0712. The van der Waals surface area contributed by atoms with Crippen LogP contribution in [0, 0.1) is 6.92 Å². The molecular weight excluding hydrogens is 386 g/mol. The summed E-state index contributed by atoms with van der Waals surface area (Å²) in [6, 6.07) is 12.4. The number of carbonyl (C=O) groups is 1. The fraction of sp³-hybridized carbons (Fsp3) is 0.400. The topological polar surface area (TPSA) is 87.9 Å². The van der Waals surface area contributed by atoms with Gasteiger partial charge in [-0.3, -0.25) is 4.79 Å². The molecule has 160 valence electrons. The quantitative estimate of drug-likeness (QED) is 0.607. The van der Waals surface area contributed by atoms with E-state index in [0.717, 1.165) is 54.0 Å². The Bertz CT molecular complexity index is 1060. The third kappa shape index (κ3) is 3.82. The molecule has 2 heterocycles. The molecule has 2 aromatic carbocycles. The van der Waals surface area contributed by atoms with E-state index in [-0.39, 0.29) is 5.91 Å². The van der Waals surface area contributed by atoms with Gasteiger partial charge in [0.2, 0.25) is 0 Å². The van der Waals surface area contributed by atoms with E-state index in [1.54, 1.807) is 6.20 Å². The maximum absolute atomic E-state index is 13.5. The highest BCUT2D eigenvalue weighted by atomic mass is 16.2. The van der Waals surface area contributed by atoms with Crippen LogP contribution >= 0.6 is 0 Å². The molecule has 1 amide bonds. The Labute approximate surface area is 182 Å². The van der Waals surface area contributed by atoms with E-state index in [4.69, 9.17) is 5.73 Å². The number of hydrogen-bond acceptors (Lipinski definition) is 4. The number of likely N-dealkylation sites (tertiary alicyclic amines) is 1. The molecule has 0 atom stereocenters. The third-order valence-electron chi connectivity index (χ3n) is 7.05. The summed E-state index contributed by atoms with van der Waals surface area (Å²) in [4.78, 5) is 15.5. The predicted molar refractivity (Wildman–Crippen MR) is 122 cm³/mol. The van der Waals surface area contributed by atoms with Crippen LogP contribution in [0.15, 0.2) is 42.6 Å². The molecule has 0 spiro atoms. The summed E-state index contributed by atoms with van der Waals surface area (Å²) >= 11 is 0. The number of nitrogens with two attached hydrogens (primary N) is 1. The number of anilines is 1. The van der Waals surface area contributed by atoms with Crippen molar-refractivity contribution >= 4 is 11.6 Å². The first-order valence-corrected chi connectivity index (χ1v) is 11.3. The lowest BCUT2D eigenvalue weighted by Crippen LogP contribution is -2.38. The highest BCUT2D eigenvalue weighted by Crippen LogP contribution is 2.42. The molecule has 1 aromatic heterocycles. The number of piperidine rings is 1. The lowest BCUT2D eigenvalue weighted by Gasteiger charge is -2.33. The number of nitrogen functional groups attached to an aromatic ring is 1. The molecule has 0 bridgehead atoms. The zero-order valence-corrected chi connectivity index (χ0v) is 18.0. The number of nitrogens with one attached hydrogen (secondary N) is 1. The molecule has 6 nitrogen and oxygen atoms in total. The minimum atomic E-state index is 0.123. The zero-order valence-electron chi connectivity index (χ0n) is 18.0. The second kappa shape index (κ2) is 8.17. The van der Waals surface area contributed by atoms with Gasteiger partial charge >= 0.3 is 0 Å². The number of aryl methyl sites for hydroxylation is 1. The molecule has 0 radical (unpaired) electrons. The number of H-pyrrole nitrogens is 1. The summed E-state index contributed by atoms with van der Waals surface area (Å²) in [5.74, 6) is 1.17. The Kier molecular flexibility index (Phi) is 5.22. The van der Waals surface area contributed by atoms with Crippen LogP contribution in [0.25, 0.3) is 11.3 Å². The van der Waals surface area contributed by atoms with E-state index in [9.17, 15) is 4.79 Å². The molecule has 0 unspecified atom stereocenters. The standard InChI is InChI=1S/C25H29N5O/c1-16-13-22(19-3-2-4-19)23(24-15-27-29-28-24)14-21(16)25(31)30-11-9-18(10-12-30)17-5-7-20(26)8-6-17/h5-8,13-15,18-19H,2-4,9-12,26H2,1H3,(H,27,28,29). The first-order valence-electron chi connectivity index (χ1n) is 11.3. The monoisotopic (exact) mass is 415 g/mol. The van der Waals surface area contributed by atoms with Crippen LogP contribution in [0.3, 0.4) is 0 Å². The number of benzene rings is 2. The van der Waals surface area contributed by atoms with Crippen LogP contribution in [0.1, 0.15) is 71.0 Å². The van der Waals surface area contributed by atoms with Gasteiger partial charge < -0.3 is 10.6 Å². The van der Waals surface area contributed by atoms with Gasteiger partial charge in [-0.25, -0.2) is 0 Å². The van der Waals surface area contributed by atoms with Crippen LogP contribution in [-0.2, 0) is 0 Å². The van der Waals surface area contributed by atoms with Crippen LogP contribution in [-0.4, -0.2) is 39.3 Å². The van der Waals surface area contributed by atoms with Gasteiger partial charge in [0.25, 0.3) is 5.91 Å². The molecule has 2 aliphatic rings. The molecule has 1 saturated heterocycles. The van der Waals surface area contributed by atoms with Crippen LogP contribution < -0.4 is 5.73 Å². The molecule has 2 fully saturated rings. The van der Waals surface area contributed by atoms with Crippen molar-refractivity contribution in [3.8, 4) is 11.3 Å². The fourth-order valence-corrected chi connectivity index (χ4v) is 4.93. The Morgan fingerprint density at radius 1 is 1.06 bits per heavy atom. The van der Waals surface area contributed by atoms with Crippen molar-refractivity contribution in [1.82, 2.24) is 20.3 Å². The van der Waals surface area contributed by atoms with Gasteiger partial charge in [0.15, 0.2) is 0 Å². The highest BCUT2D eigenvalue weighted by molar-refractivity contribution is 5.97. The first-order chi connectivity index (χ1) is 15.1. The zero-order chi connectivity index (χ0) is 21.4. The SMILES string of the molecule is Cc1cc(C2CCC2)c(-c2cn[nH]n2)cc1C(=O)N1CCC(c2ccc(N)cc2)CC1. The second-order valence-corrected chi connectivity index (χ2v) is 8.97. The average molecular weight is 416 g/mol. The minimum absolute atomic E-state index is 0.123. The Morgan fingerprint density at radius 2 is 1.81 bits per heavy atom. The molecule has 6 heteroatoms. The smallest absolute Gasteiger partial charge is 0.254 e. The number of rotatable bonds is 4. The number of amides is 1. The minimum Gasteiger partial charge on any atom is -0.399 e. The molecule has 5 rings (SSSR count). The summed E-state index contributed by atoms with van der Waals surface area (Å²) in [5.41, 5.74) is 12.9. The number of carbonyl (C=O) groups excluding carboxylic acids is 1. The summed E-state index contributed by atoms with van der Waals surface area (Å²) in [7, 11) is 0. The van der Waals surface area contributed by atoms with E-state index in [2.05, 4.69) is 46.6 Å². The van der Waals surface area contributed by atoms with Gasteiger partial charge in [-0.05, 0) is 79.3 Å². The second-order valence-electron chi connectivity index (χ2n) is 8.97. The molecule has 3 N–H and O–H groups in total. The Morgan fingerprint density at radius 3 is 2.42 bits per heavy atom. The van der Waals surface area contributed by atoms with E-state index < -0.39 is 0 Å². The Hall–Kier alpha value is -3.15. The average Bonchev–Trinajstić information content (AvgIpc) is 3.28. The molecule has 1 aliphatic heterocycles. The largest absolute Gasteiger partial charge is 0.399 e. The molecule has 1 aliphatic carbocycles. The van der Waals surface area contributed by atoms with Crippen LogP contribution in [0.4, 0.5) is 5.69 Å². The maximum atomic E-state index is 13.5. The first kappa shape index (κ1) is 19.8. The van der Waals surface area contributed by atoms with E-state index in [1.807, 2.05) is 17.0 Å². The maximum Gasteiger partial charge on any atom is 0.254 e. The van der Waals surface area contributed by atoms with Gasteiger partial charge in [0.1, 0.15) is 5.69 Å².